The molecule has 1 amide bonds. The number of nitrogens with one attached hydrogen (secondary N) is 1. The fourth-order valence-electron chi connectivity index (χ4n) is 3.69. The number of hydrogen-bond acceptors (Lipinski definition) is 4. The SMILES string of the molecule is CCCCCOc1ccc2ccccc2c1CN1CCNC(=O)C1CC(=O)O. The topological polar surface area (TPSA) is 78.9 Å². The molecule has 0 spiro atoms. The van der Waals surface area contributed by atoms with Gasteiger partial charge >= 0.3 is 5.97 Å². The molecule has 0 aliphatic carbocycles. The summed E-state index contributed by atoms with van der Waals surface area (Å²) in [7, 11) is 0. The molecule has 1 atom stereocenters. The first-order valence-electron chi connectivity index (χ1n) is 9.97. The van der Waals surface area contributed by atoms with Crippen molar-refractivity contribution in [3.63, 3.8) is 0 Å². The van der Waals surface area contributed by atoms with E-state index in [0.29, 0.717) is 26.2 Å². The zero-order valence-corrected chi connectivity index (χ0v) is 16.3. The highest BCUT2D eigenvalue weighted by Crippen LogP contribution is 2.30. The predicted molar refractivity (Wildman–Crippen MR) is 108 cm³/mol. The highest BCUT2D eigenvalue weighted by atomic mass is 16.5. The molecule has 6 nitrogen and oxygen atoms in total. The number of fused-ring (bicyclic) bond motifs is 1. The molecule has 28 heavy (non-hydrogen) atoms. The summed E-state index contributed by atoms with van der Waals surface area (Å²) in [5.74, 6) is -0.379. The van der Waals surface area contributed by atoms with Gasteiger partial charge in [-0.2, -0.15) is 0 Å². The van der Waals surface area contributed by atoms with Crippen LogP contribution in [0.4, 0.5) is 0 Å². The van der Waals surface area contributed by atoms with Gasteiger partial charge in [-0.05, 0) is 23.3 Å². The van der Waals surface area contributed by atoms with Gasteiger partial charge in [0.1, 0.15) is 11.8 Å². The average Bonchev–Trinajstić information content (AvgIpc) is 2.69. The predicted octanol–water partition coefficient (Wildman–Crippen LogP) is 3.18. The quantitative estimate of drug-likeness (QED) is 0.649. The number of aliphatic carboxylic acids is 1. The van der Waals surface area contributed by atoms with E-state index in [-0.39, 0.29) is 12.3 Å². The molecule has 2 aromatic rings. The lowest BCUT2D eigenvalue weighted by Gasteiger charge is -2.34. The van der Waals surface area contributed by atoms with Crippen LogP contribution in [0.25, 0.3) is 10.8 Å². The van der Waals surface area contributed by atoms with Gasteiger partial charge in [0.15, 0.2) is 0 Å². The van der Waals surface area contributed by atoms with Crippen LogP contribution in [0.5, 0.6) is 5.75 Å². The van der Waals surface area contributed by atoms with Crippen LogP contribution < -0.4 is 10.1 Å². The first-order valence-corrected chi connectivity index (χ1v) is 9.97. The highest BCUT2D eigenvalue weighted by molar-refractivity contribution is 5.89. The number of piperazine rings is 1. The summed E-state index contributed by atoms with van der Waals surface area (Å²) >= 11 is 0. The number of carboxylic acid groups (broad SMARTS) is 1. The summed E-state index contributed by atoms with van der Waals surface area (Å²) in [5, 5.41) is 14.2. The third-order valence-electron chi connectivity index (χ3n) is 5.17. The van der Waals surface area contributed by atoms with Gasteiger partial charge < -0.3 is 15.2 Å². The van der Waals surface area contributed by atoms with Crippen molar-refractivity contribution in [1.29, 1.82) is 0 Å². The normalized spacial score (nSPS) is 17.5. The molecule has 1 fully saturated rings. The number of nitrogens with zero attached hydrogens (tertiary/aromatic N) is 1. The number of carbonyl (C=O) groups is 2. The van der Waals surface area contributed by atoms with E-state index < -0.39 is 12.0 Å². The lowest BCUT2D eigenvalue weighted by atomic mass is 10.0. The van der Waals surface area contributed by atoms with E-state index in [4.69, 9.17) is 4.74 Å². The van der Waals surface area contributed by atoms with Gasteiger partial charge in [-0.15, -0.1) is 0 Å². The Kier molecular flexibility index (Phi) is 6.87. The number of ether oxygens (including phenoxy) is 1. The lowest BCUT2D eigenvalue weighted by Crippen LogP contribution is -2.55. The summed E-state index contributed by atoms with van der Waals surface area (Å²) in [6, 6.07) is 11.5. The minimum atomic E-state index is -0.971. The van der Waals surface area contributed by atoms with Crippen LogP contribution in [0.1, 0.15) is 38.2 Å². The number of unbranched alkanes of at least 4 members (excludes halogenated alkanes) is 2. The fourth-order valence-corrected chi connectivity index (χ4v) is 3.69. The van der Waals surface area contributed by atoms with Gasteiger partial charge in [0, 0.05) is 25.2 Å². The molecule has 0 radical (unpaired) electrons. The summed E-state index contributed by atoms with van der Waals surface area (Å²) in [6.07, 6.45) is 3.05. The number of carbonyl (C=O) groups excluding carboxylic acids is 1. The Balaban J connectivity index is 1.90. The Morgan fingerprint density at radius 1 is 1.25 bits per heavy atom. The Bertz CT molecular complexity index is 836. The van der Waals surface area contributed by atoms with E-state index in [1.165, 1.54) is 0 Å². The summed E-state index contributed by atoms with van der Waals surface area (Å²) < 4.78 is 6.09. The molecule has 0 bridgehead atoms. The van der Waals surface area contributed by atoms with Gasteiger partial charge in [0.2, 0.25) is 5.91 Å². The second-order valence-corrected chi connectivity index (χ2v) is 7.19. The van der Waals surface area contributed by atoms with E-state index in [1.807, 2.05) is 29.2 Å². The van der Waals surface area contributed by atoms with Crippen molar-refractivity contribution in [2.75, 3.05) is 19.7 Å². The van der Waals surface area contributed by atoms with E-state index in [1.54, 1.807) is 0 Å². The Morgan fingerprint density at radius 3 is 2.86 bits per heavy atom. The Morgan fingerprint density at radius 2 is 2.07 bits per heavy atom. The van der Waals surface area contributed by atoms with Crippen LogP contribution >= 0.6 is 0 Å². The van der Waals surface area contributed by atoms with E-state index in [9.17, 15) is 14.7 Å². The number of carboxylic acids is 1. The Hall–Kier alpha value is -2.60. The molecular weight excluding hydrogens is 356 g/mol. The van der Waals surface area contributed by atoms with E-state index >= 15 is 0 Å². The number of hydrogen-bond donors (Lipinski definition) is 2. The minimum absolute atomic E-state index is 0.205. The summed E-state index contributed by atoms with van der Waals surface area (Å²) in [5.41, 5.74) is 1.01. The van der Waals surface area contributed by atoms with Crippen molar-refractivity contribution in [3.8, 4) is 5.75 Å². The first kappa shape index (κ1) is 20.1. The summed E-state index contributed by atoms with van der Waals surface area (Å²) in [6.45, 7) is 4.42. The smallest absolute Gasteiger partial charge is 0.305 e. The lowest BCUT2D eigenvalue weighted by molar-refractivity contribution is -0.143. The number of benzene rings is 2. The third-order valence-corrected chi connectivity index (χ3v) is 5.17. The van der Waals surface area contributed by atoms with Gasteiger partial charge in [-0.3, -0.25) is 14.5 Å². The van der Waals surface area contributed by atoms with Crippen LogP contribution in [0.15, 0.2) is 36.4 Å². The molecule has 3 rings (SSSR count). The molecule has 1 unspecified atom stereocenters. The van der Waals surface area contributed by atoms with Gasteiger partial charge in [0.25, 0.3) is 0 Å². The minimum Gasteiger partial charge on any atom is -0.493 e. The van der Waals surface area contributed by atoms with Crippen molar-refractivity contribution < 1.29 is 19.4 Å². The second-order valence-electron chi connectivity index (χ2n) is 7.19. The molecule has 1 aliphatic heterocycles. The van der Waals surface area contributed by atoms with Gasteiger partial charge in [-0.25, -0.2) is 0 Å². The van der Waals surface area contributed by atoms with Gasteiger partial charge in [0.05, 0.1) is 13.0 Å². The maximum atomic E-state index is 12.3. The van der Waals surface area contributed by atoms with Crippen LogP contribution in [-0.2, 0) is 16.1 Å². The molecule has 1 heterocycles. The maximum Gasteiger partial charge on any atom is 0.305 e. The van der Waals surface area contributed by atoms with E-state index in [2.05, 4.69) is 24.4 Å². The summed E-state index contributed by atoms with van der Waals surface area (Å²) in [4.78, 5) is 25.5. The Labute approximate surface area is 165 Å². The molecule has 1 aliphatic rings. The monoisotopic (exact) mass is 384 g/mol. The molecule has 2 aromatic carbocycles. The van der Waals surface area contributed by atoms with Crippen molar-refractivity contribution in [2.24, 2.45) is 0 Å². The standard InChI is InChI=1S/C22H28N2O4/c1-2-3-6-13-28-20-10-9-16-7-4-5-8-17(16)18(20)15-24-12-11-23-22(27)19(24)14-21(25)26/h4-5,7-10,19H,2-3,6,11-15H2,1H3,(H,23,27)(H,25,26). The third kappa shape index (κ3) is 4.81. The number of rotatable bonds is 9. The molecule has 2 N–H and O–H groups in total. The molecule has 0 aromatic heterocycles. The number of amides is 1. The molecule has 0 saturated carbocycles. The largest absolute Gasteiger partial charge is 0.493 e. The zero-order valence-electron chi connectivity index (χ0n) is 16.3. The van der Waals surface area contributed by atoms with Gasteiger partial charge in [-0.1, -0.05) is 50.1 Å². The molecule has 1 saturated heterocycles. The average molecular weight is 384 g/mol. The van der Waals surface area contributed by atoms with Crippen molar-refractivity contribution >= 4 is 22.6 Å². The highest BCUT2D eigenvalue weighted by Gasteiger charge is 2.32. The molecular formula is C22H28N2O4. The fraction of sp³-hybridized carbons (Fsp3) is 0.455. The molecule has 6 heteroatoms. The zero-order chi connectivity index (χ0) is 19.9. The van der Waals surface area contributed by atoms with Crippen molar-refractivity contribution in [1.82, 2.24) is 10.2 Å². The molecule has 150 valence electrons. The second kappa shape index (κ2) is 9.55. The van der Waals surface area contributed by atoms with Crippen LogP contribution in [0.3, 0.4) is 0 Å². The van der Waals surface area contributed by atoms with E-state index in [0.717, 1.165) is 41.3 Å². The van der Waals surface area contributed by atoms with Crippen LogP contribution in [-0.4, -0.2) is 47.6 Å². The van der Waals surface area contributed by atoms with Crippen molar-refractivity contribution in [2.45, 2.75) is 45.2 Å². The van der Waals surface area contributed by atoms with Crippen molar-refractivity contribution in [3.05, 3.63) is 42.0 Å². The first-order chi connectivity index (χ1) is 13.6. The van der Waals surface area contributed by atoms with Crippen LogP contribution in [0, 0.1) is 0 Å². The maximum absolute atomic E-state index is 12.3. The van der Waals surface area contributed by atoms with Crippen LogP contribution in [0.2, 0.25) is 0 Å².